The Kier molecular flexibility index (Phi) is 8.48. The zero-order valence-electron chi connectivity index (χ0n) is 21.3. The Labute approximate surface area is 226 Å². The minimum absolute atomic E-state index is 0.0210. The fourth-order valence-corrected chi connectivity index (χ4v) is 4.65. The number of anilines is 2. The van der Waals surface area contributed by atoms with Gasteiger partial charge < -0.3 is 19.9 Å². The number of benzene rings is 3. The van der Waals surface area contributed by atoms with Crippen LogP contribution in [0.15, 0.2) is 60.7 Å². The molecule has 2 amide bonds. The highest BCUT2D eigenvalue weighted by atomic mass is 35.5. The molecule has 1 heterocycles. The standard InChI is InChI=1S/C28H29ClN4O5/c1-3-17-38-22-10-7-20(8-11-22)28(35)32-15-13-31(14-16-32)26-12-9-21(18-24(26)29)30-27(34)23-5-4-6-25(19(23)2)33(36)37/h4-12,18H,3,13-17H2,1-2H3,(H,30,34). The second-order valence-corrected chi connectivity index (χ2v) is 9.39. The minimum atomic E-state index is -0.510. The predicted octanol–water partition coefficient (Wildman–Crippen LogP) is 5.56. The van der Waals surface area contributed by atoms with Crippen molar-refractivity contribution in [2.45, 2.75) is 20.3 Å². The molecule has 3 aromatic rings. The van der Waals surface area contributed by atoms with Crippen molar-refractivity contribution in [3.05, 3.63) is 92.5 Å². The lowest BCUT2D eigenvalue weighted by molar-refractivity contribution is -0.385. The van der Waals surface area contributed by atoms with E-state index in [4.69, 9.17) is 16.3 Å². The number of ether oxygens (including phenoxy) is 1. The van der Waals surface area contributed by atoms with Crippen LogP contribution in [0.5, 0.6) is 5.75 Å². The van der Waals surface area contributed by atoms with Crippen LogP contribution < -0.4 is 15.0 Å². The van der Waals surface area contributed by atoms with E-state index in [1.807, 2.05) is 30.0 Å². The number of piperazine rings is 1. The number of nitro benzene ring substituents is 1. The van der Waals surface area contributed by atoms with Gasteiger partial charge in [-0.25, -0.2) is 0 Å². The monoisotopic (exact) mass is 536 g/mol. The van der Waals surface area contributed by atoms with Gasteiger partial charge in [-0.3, -0.25) is 19.7 Å². The molecule has 38 heavy (non-hydrogen) atoms. The number of hydrogen-bond acceptors (Lipinski definition) is 6. The molecule has 198 valence electrons. The smallest absolute Gasteiger partial charge is 0.273 e. The lowest BCUT2D eigenvalue weighted by Crippen LogP contribution is -2.48. The molecule has 10 heteroatoms. The second-order valence-electron chi connectivity index (χ2n) is 8.98. The summed E-state index contributed by atoms with van der Waals surface area (Å²) in [6.45, 7) is 6.55. The summed E-state index contributed by atoms with van der Waals surface area (Å²) in [6.07, 6.45) is 0.923. The minimum Gasteiger partial charge on any atom is -0.494 e. The van der Waals surface area contributed by atoms with Gasteiger partial charge in [0.15, 0.2) is 0 Å². The van der Waals surface area contributed by atoms with Crippen LogP contribution >= 0.6 is 11.6 Å². The maximum Gasteiger partial charge on any atom is 0.273 e. The second kappa shape index (κ2) is 12.0. The normalized spacial score (nSPS) is 13.2. The van der Waals surface area contributed by atoms with E-state index in [1.165, 1.54) is 12.1 Å². The molecule has 0 saturated carbocycles. The number of rotatable bonds is 8. The Morgan fingerprint density at radius 1 is 1.05 bits per heavy atom. The first-order valence-electron chi connectivity index (χ1n) is 12.4. The van der Waals surface area contributed by atoms with E-state index in [2.05, 4.69) is 10.2 Å². The lowest BCUT2D eigenvalue weighted by atomic mass is 10.1. The molecule has 0 aliphatic carbocycles. The largest absolute Gasteiger partial charge is 0.494 e. The first-order chi connectivity index (χ1) is 18.3. The van der Waals surface area contributed by atoms with E-state index < -0.39 is 10.8 Å². The molecule has 3 aromatic carbocycles. The van der Waals surface area contributed by atoms with Crippen LogP contribution in [0.3, 0.4) is 0 Å². The first-order valence-corrected chi connectivity index (χ1v) is 12.8. The molecule has 0 aromatic heterocycles. The molecule has 4 rings (SSSR count). The number of nitro groups is 1. The molecule has 0 spiro atoms. The Morgan fingerprint density at radius 2 is 1.76 bits per heavy atom. The summed E-state index contributed by atoms with van der Waals surface area (Å²) in [5, 5.41) is 14.4. The van der Waals surface area contributed by atoms with Crippen molar-refractivity contribution in [3.8, 4) is 5.75 Å². The van der Waals surface area contributed by atoms with Gasteiger partial charge in [0.2, 0.25) is 0 Å². The number of amides is 2. The van der Waals surface area contributed by atoms with Crippen molar-refractivity contribution < 1.29 is 19.2 Å². The number of hydrogen-bond donors (Lipinski definition) is 1. The highest BCUT2D eigenvalue weighted by Gasteiger charge is 2.24. The summed E-state index contributed by atoms with van der Waals surface area (Å²) in [4.78, 5) is 40.3. The van der Waals surface area contributed by atoms with Gasteiger partial charge in [0.05, 0.1) is 22.2 Å². The van der Waals surface area contributed by atoms with Crippen LogP contribution in [0.2, 0.25) is 5.02 Å². The topological polar surface area (TPSA) is 105 Å². The van der Waals surface area contributed by atoms with Gasteiger partial charge in [0, 0.05) is 54.6 Å². The van der Waals surface area contributed by atoms with E-state index >= 15 is 0 Å². The molecular formula is C28H29ClN4O5. The third-order valence-electron chi connectivity index (χ3n) is 6.43. The third kappa shape index (κ3) is 6.06. The van der Waals surface area contributed by atoms with Gasteiger partial charge in [-0.05, 0) is 61.9 Å². The molecule has 1 aliphatic rings. The Morgan fingerprint density at radius 3 is 2.39 bits per heavy atom. The molecule has 0 atom stereocenters. The maximum absolute atomic E-state index is 12.9. The molecule has 9 nitrogen and oxygen atoms in total. The first kappa shape index (κ1) is 26.9. The van der Waals surface area contributed by atoms with Crippen molar-refractivity contribution in [1.29, 1.82) is 0 Å². The van der Waals surface area contributed by atoms with Crippen molar-refractivity contribution in [1.82, 2.24) is 4.90 Å². The molecule has 0 bridgehead atoms. The maximum atomic E-state index is 12.9. The number of carbonyl (C=O) groups excluding carboxylic acids is 2. The number of halogens is 1. The Balaban J connectivity index is 1.36. The molecule has 1 saturated heterocycles. The van der Waals surface area contributed by atoms with Crippen molar-refractivity contribution in [2.75, 3.05) is 43.0 Å². The average molecular weight is 537 g/mol. The summed E-state index contributed by atoms with van der Waals surface area (Å²) in [5.41, 5.74) is 2.32. The molecule has 1 N–H and O–H groups in total. The van der Waals surface area contributed by atoms with Crippen molar-refractivity contribution in [3.63, 3.8) is 0 Å². The number of nitrogens with zero attached hydrogens (tertiary/aromatic N) is 3. The van der Waals surface area contributed by atoms with Crippen LogP contribution in [-0.4, -0.2) is 54.4 Å². The summed E-state index contributed by atoms with van der Waals surface area (Å²) in [7, 11) is 0. The van der Waals surface area contributed by atoms with Crippen molar-refractivity contribution >= 4 is 40.5 Å². The number of carbonyl (C=O) groups is 2. The van der Waals surface area contributed by atoms with Gasteiger partial charge in [-0.1, -0.05) is 24.6 Å². The summed E-state index contributed by atoms with van der Waals surface area (Å²) < 4.78 is 5.59. The van der Waals surface area contributed by atoms with E-state index in [1.54, 1.807) is 37.3 Å². The van der Waals surface area contributed by atoms with E-state index in [9.17, 15) is 19.7 Å². The van der Waals surface area contributed by atoms with Gasteiger partial charge in [-0.2, -0.15) is 0 Å². The van der Waals surface area contributed by atoms with Crippen LogP contribution in [0.25, 0.3) is 0 Å². The highest BCUT2D eigenvalue weighted by Crippen LogP contribution is 2.31. The molecule has 1 fully saturated rings. The van der Waals surface area contributed by atoms with Crippen LogP contribution in [0, 0.1) is 17.0 Å². The molecular weight excluding hydrogens is 508 g/mol. The van der Waals surface area contributed by atoms with Crippen molar-refractivity contribution in [2.24, 2.45) is 0 Å². The predicted molar refractivity (Wildman–Crippen MR) is 148 cm³/mol. The molecule has 0 radical (unpaired) electrons. The summed E-state index contributed by atoms with van der Waals surface area (Å²) in [6, 6.07) is 16.8. The Hall–Kier alpha value is -4.11. The third-order valence-corrected chi connectivity index (χ3v) is 6.74. The zero-order valence-corrected chi connectivity index (χ0v) is 22.0. The van der Waals surface area contributed by atoms with Crippen LogP contribution in [0.1, 0.15) is 39.6 Å². The summed E-state index contributed by atoms with van der Waals surface area (Å²) >= 11 is 6.56. The summed E-state index contributed by atoms with van der Waals surface area (Å²) in [5.74, 6) is 0.280. The molecule has 1 aliphatic heterocycles. The number of nitrogens with one attached hydrogen (secondary N) is 1. The van der Waals surface area contributed by atoms with Crippen LogP contribution in [0.4, 0.5) is 17.1 Å². The van der Waals surface area contributed by atoms with E-state index in [-0.39, 0.29) is 17.2 Å². The quantitative estimate of drug-likeness (QED) is 0.298. The zero-order chi connectivity index (χ0) is 27.2. The highest BCUT2D eigenvalue weighted by molar-refractivity contribution is 6.33. The SMILES string of the molecule is CCCOc1ccc(C(=O)N2CCN(c3ccc(NC(=O)c4cccc([N+](=O)[O-])c4C)cc3Cl)CC2)cc1. The van der Waals surface area contributed by atoms with E-state index in [0.717, 1.165) is 17.9 Å². The van der Waals surface area contributed by atoms with Gasteiger partial charge in [0.25, 0.3) is 17.5 Å². The lowest BCUT2D eigenvalue weighted by Gasteiger charge is -2.36. The Bertz CT molecular complexity index is 1340. The fraction of sp³-hybridized carbons (Fsp3) is 0.286. The molecule has 0 unspecified atom stereocenters. The fourth-order valence-electron chi connectivity index (χ4n) is 4.35. The van der Waals surface area contributed by atoms with Gasteiger partial charge >= 0.3 is 0 Å². The van der Waals surface area contributed by atoms with Gasteiger partial charge in [0.1, 0.15) is 5.75 Å². The van der Waals surface area contributed by atoms with Gasteiger partial charge in [-0.15, -0.1) is 0 Å². The average Bonchev–Trinajstić information content (AvgIpc) is 2.92. The van der Waals surface area contributed by atoms with Crippen LogP contribution in [-0.2, 0) is 0 Å². The van der Waals surface area contributed by atoms with E-state index in [0.29, 0.717) is 54.6 Å².